The lowest BCUT2D eigenvalue weighted by Gasteiger charge is -2.25. The average Bonchev–Trinajstić information content (AvgIpc) is 2.45. The van der Waals surface area contributed by atoms with Gasteiger partial charge in [0.2, 0.25) is 0 Å². The van der Waals surface area contributed by atoms with Gasteiger partial charge in [0.1, 0.15) is 0 Å². The number of hydrogen-bond donors (Lipinski definition) is 0. The van der Waals surface area contributed by atoms with Crippen molar-refractivity contribution < 1.29 is 0 Å². The molecule has 0 fully saturated rings. The second-order valence-electron chi connectivity index (χ2n) is 6.40. The van der Waals surface area contributed by atoms with Gasteiger partial charge in [-0.1, -0.05) is 51.1 Å². The predicted octanol–water partition coefficient (Wildman–Crippen LogP) is 6.26. The minimum Gasteiger partial charge on any atom is -0.0841 e. The van der Waals surface area contributed by atoms with Gasteiger partial charge in [0.15, 0.2) is 0 Å². The molecule has 0 amide bonds. The van der Waals surface area contributed by atoms with Gasteiger partial charge in [0, 0.05) is 0 Å². The molecule has 0 aliphatic rings. The smallest absolute Gasteiger partial charge is 0.0100 e. The molecule has 0 heteroatoms. The Morgan fingerprint density at radius 2 is 1.90 bits per heavy atom. The topological polar surface area (TPSA) is 0 Å². The average molecular weight is 266 g/mol. The summed E-state index contributed by atoms with van der Waals surface area (Å²) in [7, 11) is 0. The van der Waals surface area contributed by atoms with E-state index >= 15 is 0 Å². The van der Waals surface area contributed by atoms with Crippen LogP contribution in [0.3, 0.4) is 0 Å². The van der Waals surface area contributed by atoms with E-state index < -0.39 is 0 Å². The molecule has 20 heavy (non-hydrogen) atoms. The van der Waals surface area contributed by atoms with Crippen LogP contribution < -0.4 is 0 Å². The summed E-state index contributed by atoms with van der Waals surface area (Å²) >= 11 is 0. The molecule has 106 valence electrons. The molecule has 0 aliphatic carbocycles. The fourth-order valence-electron chi connectivity index (χ4n) is 2.79. The maximum absolute atomic E-state index is 2.37. The van der Waals surface area contributed by atoms with Crippen molar-refractivity contribution in [2.45, 2.75) is 53.4 Å². The summed E-state index contributed by atoms with van der Waals surface area (Å²) in [5, 5.41) is 2.76. The monoisotopic (exact) mass is 266 g/mol. The van der Waals surface area contributed by atoms with E-state index in [0.717, 1.165) is 6.42 Å². The van der Waals surface area contributed by atoms with Gasteiger partial charge < -0.3 is 0 Å². The van der Waals surface area contributed by atoms with Crippen LogP contribution in [0.1, 0.15) is 57.7 Å². The predicted molar refractivity (Wildman–Crippen MR) is 91.3 cm³/mol. The zero-order valence-electron chi connectivity index (χ0n) is 13.7. The third-order valence-electron chi connectivity index (χ3n) is 4.70. The van der Waals surface area contributed by atoms with E-state index in [2.05, 4.69) is 78.0 Å². The summed E-state index contributed by atoms with van der Waals surface area (Å²) in [5.74, 6) is 0. The first-order chi connectivity index (χ1) is 9.40. The van der Waals surface area contributed by atoms with Crippen LogP contribution in [0, 0.1) is 6.92 Å². The van der Waals surface area contributed by atoms with Crippen molar-refractivity contribution in [3.63, 3.8) is 0 Å². The summed E-state index contributed by atoms with van der Waals surface area (Å²) < 4.78 is 0. The molecular weight excluding hydrogens is 240 g/mol. The minimum absolute atomic E-state index is 0.225. The lowest BCUT2D eigenvalue weighted by atomic mass is 9.79. The summed E-state index contributed by atoms with van der Waals surface area (Å²) in [5.41, 5.74) is 5.78. The maximum atomic E-state index is 2.37. The number of allylic oxidation sites excluding steroid dienone is 2. The Balaban J connectivity index is 2.76. The molecule has 0 N–H and O–H groups in total. The van der Waals surface area contributed by atoms with Gasteiger partial charge in [-0.15, -0.1) is 0 Å². The third-order valence-corrected chi connectivity index (χ3v) is 4.70. The van der Waals surface area contributed by atoms with Crippen LogP contribution in [-0.2, 0) is 5.41 Å². The molecule has 2 aromatic rings. The van der Waals surface area contributed by atoms with Crippen LogP contribution in [0.4, 0.5) is 0 Å². The molecule has 0 saturated carbocycles. The third kappa shape index (κ3) is 2.52. The summed E-state index contributed by atoms with van der Waals surface area (Å²) in [6.07, 6.45) is 3.34. The number of hydrogen-bond acceptors (Lipinski definition) is 0. The molecule has 0 atom stereocenters. The van der Waals surface area contributed by atoms with Crippen LogP contribution in [0.5, 0.6) is 0 Å². The van der Waals surface area contributed by atoms with Gasteiger partial charge in [-0.2, -0.15) is 0 Å². The summed E-state index contributed by atoms with van der Waals surface area (Å²) in [6.45, 7) is 13.5. The van der Waals surface area contributed by atoms with E-state index in [1.165, 1.54) is 33.0 Å². The highest BCUT2D eigenvalue weighted by atomic mass is 14.2. The van der Waals surface area contributed by atoms with Crippen molar-refractivity contribution in [2.24, 2.45) is 0 Å². The van der Waals surface area contributed by atoms with Crippen molar-refractivity contribution in [1.29, 1.82) is 0 Å². The molecular formula is C20H26. The highest BCUT2D eigenvalue weighted by molar-refractivity contribution is 5.90. The molecule has 0 saturated heterocycles. The Hall–Kier alpha value is -1.56. The highest BCUT2D eigenvalue weighted by Crippen LogP contribution is 2.35. The first-order valence-corrected chi connectivity index (χ1v) is 7.58. The van der Waals surface area contributed by atoms with Gasteiger partial charge in [0.05, 0.1) is 0 Å². The molecule has 0 nitrogen and oxygen atoms in total. The minimum atomic E-state index is 0.225. The van der Waals surface area contributed by atoms with Crippen molar-refractivity contribution in [1.82, 2.24) is 0 Å². The Morgan fingerprint density at radius 3 is 2.50 bits per heavy atom. The van der Waals surface area contributed by atoms with Gasteiger partial charge >= 0.3 is 0 Å². The second kappa shape index (κ2) is 5.44. The quantitative estimate of drug-likeness (QED) is 0.615. The Labute approximate surface area is 123 Å². The summed E-state index contributed by atoms with van der Waals surface area (Å²) in [4.78, 5) is 0. The number of fused-ring (bicyclic) bond motifs is 1. The van der Waals surface area contributed by atoms with E-state index in [1.807, 2.05) is 0 Å². The molecule has 2 aromatic carbocycles. The van der Waals surface area contributed by atoms with Gasteiger partial charge in [0.25, 0.3) is 0 Å². The van der Waals surface area contributed by atoms with E-state index in [-0.39, 0.29) is 5.41 Å². The molecule has 0 radical (unpaired) electrons. The van der Waals surface area contributed by atoms with E-state index in [4.69, 9.17) is 0 Å². The van der Waals surface area contributed by atoms with Gasteiger partial charge in [-0.3, -0.25) is 0 Å². The normalized spacial score (nSPS) is 13.0. The molecule has 0 aromatic heterocycles. The zero-order valence-corrected chi connectivity index (χ0v) is 13.7. The van der Waals surface area contributed by atoms with Crippen LogP contribution in [-0.4, -0.2) is 0 Å². The van der Waals surface area contributed by atoms with E-state index in [9.17, 15) is 0 Å². The zero-order chi connectivity index (χ0) is 14.9. The lowest BCUT2D eigenvalue weighted by molar-refractivity contribution is 0.510. The van der Waals surface area contributed by atoms with Crippen molar-refractivity contribution in [3.8, 4) is 0 Å². The fourth-order valence-corrected chi connectivity index (χ4v) is 2.79. The lowest BCUT2D eigenvalue weighted by Crippen LogP contribution is -2.15. The molecule has 0 aliphatic heterocycles. The molecule has 2 rings (SSSR count). The Kier molecular flexibility index (Phi) is 4.04. The molecule has 0 spiro atoms. The largest absolute Gasteiger partial charge is 0.0841 e. The standard InChI is InChI=1S/C20H26/c1-7-14(3)17-13-16-10-9-11-19(20(5,6)8-2)18(16)12-15(17)4/h7,9-13H,8H2,1-6H3/b14-7-. The van der Waals surface area contributed by atoms with E-state index in [1.54, 1.807) is 0 Å². The van der Waals surface area contributed by atoms with Crippen LogP contribution in [0.25, 0.3) is 16.3 Å². The fraction of sp³-hybridized carbons (Fsp3) is 0.400. The number of benzene rings is 2. The maximum Gasteiger partial charge on any atom is -0.0100 e. The molecule has 0 bridgehead atoms. The van der Waals surface area contributed by atoms with E-state index in [0.29, 0.717) is 0 Å². The summed E-state index contributed by atoms with van der Waals surface area (Å²) in [6, 6.07) is 11.4. The SMILES string of the molecule is C/C=C(/C)c1cc2cccc(C(C)(C)CC)c2cc1C. The van der Waals surface area contributed by atoms with Crippen molar-refractivity contribution >= 4 is 16.3 Å². The first-order valence-electron chi connectivity index (χ1n) is 7.58. The molecule has 0 unspecified atom stereocenters. The Morgan fingerprint density at radius 1 is 1.20 bits per heavy atom. The van der Waals surface area contributed by atoms with Gasteiger partial charge in [-0.05, 0) is 71.7 Å². The number of rotatable bonds is 3. The first kappa shape index (κ1) is 14.8. The van der Waals surface area contributed by atoms with Crippen molar-refractivity contribution in [3.05, 3.63) is 53.1 Å². The Bertz CT molecular complexity index is 657. The molecule has 0 heterocycles. The van der Waals surface area contributed by atoms with Crippen LogP contribution >= 0.6 is 0 Å². The number of aryl methyl sites for hydroxylation is 1. The van der Waals surface area contributed by atoms with Crippen molar-refractivity contribution in [2.75, 3.05) is 0 Å². The highest BCUT2D eigenvalue weighted by Gasteiger charge is 2.20. The second-order valence-corrected chi connectivity index (χ2v) is 6.40. The van der Waals surface area contributed by atoms with Gasteiger partial charge in [-0.25, -0.2) is 0 Å². The van der Waals surface area contributed by atoms with Crippen LogP contribution in [0.2, 0.25) is 0 Å². The van der Waals surface area contributed by atoms with Crippen LogP contribution in [0.15, 0.2) is 36.4 Å².